The first-order valence-corrected chi connectivity index (χ1v) is 6.98. The summed E-state index contributed by atoms with van der Waals surface area (Å²) in [6, 6.07) is 0. The lowest BCUT2D eigenvalue weighted by atomic mass is 10.0. The van der Waals surface area contributed by atoms with E-state index >= 15 is 0 Å². The summed E-state index contributed by atoms with van der Waals surface area (Å²) in [5, 5.41) is 5.83. The van der Waals surface area contributed by atoms with E-state index in [1.165, 1.54) is 0 Å². The van der Waals surface area contributed by atoms with Gasteiger partial charge in [0.25, 0.3) is 0 Å². The molecule has 0 aliphatic carbocycles. The van der Waals surface area contributed by atoms with Crippen molar-refractivity contribution in [1.82, 2.24) is 15.5 Å². The number of carbonyl (C=O) groups excluding carboxylic acids is 2. The third kappa shape index (κ3) is 4.18. The largest absolute Gasteiger partial charge is 0.363 e. The van der Waals surface area contributed by atoms with Crippen molar-refractivity contribution >= 4 is 11.8 Å². The van der Waals surface area contributed by atoms with E-state index in [1.54, 1.807) is 0 Å². The van der Waals surface area contributed by atoms with Crippen molar-refractivity contribution in [3.63, 3.8) is 0 Å². The molecule has 2 saturated heterocycles. The van der Waals surface area contributed by atoms with E-state index in [1.807, 2.05) is 11.8 Å². The average molecular weight is 269 g/mol. The number of nitrogens with zero attached hydrogens (tertiary/aromatic N) is 1. The van der Waals surface area contributed by atoms with Crippen LogP contribution in [0.2, 0.25) is 0 Å². The average Bonchev–Trinajstić information content (AvgIpc) is 2.87. The molecule has 0 atom stereocenters. The molecule has 2 fully saturated rings. The van der Waals surface area contributed by atoms with Gasteiger partial charge in [-0.2, -0.15) is 0 Å². The molecule has 2 aliphatic rings. The van der Waals surface area contributed by atoms with Crippen LogP contribution < -0.4 is 10.6 Å². The second-order valence-corrected chi connectivity index (χ2v) is 5.53. The molecular formula is C13H23N3O3. The fraction of sp³-hybridized carbons (Fsp3) is 0.846. The molecule has 0 aromatic heterocycles. The van der Waals surface area contributed by atoms with Crippen LogP contribution in [0.25, 0.3) is 0 Å². The Bertz CT molecular complexity index is 336. The highest BCUT2D eigenvalue weighted by atomic mass is 16.5. The van der Waals surface area contributed by atoms with Crippen molar-refractivity contribution in [2.45, 2.75) is 31.8 Å². The Labute approximate surface area is 113 Å². The molecule has 2 aliphatic heterocycles. The minimum absolute atomic E-state index is 0.0656. The van der Waals surface area contributed by atoms with Crippen LogP contribution in [0.1, 0.15) is 26.2 Å². The van der Waals surface area contributed by atoms with Crippen molar-refractivity contribution in [3.05, 3.63) is 0 Å². The van der Waals surface area contributed by atoms with E-state index in [9.17, 15) is 9.59 Å². The Hall–Kier alpha value is -1.14. The minimum Gasteiger partial charge on any atom is -0.363 e. The molecule has 0 aromatic carbocycles. The van der Waals surface area contributed by atoms with Gasteiger partial charge in [-0.3, -0.25) is 9.59 Å². The normalized spacial score (nSPS) is 21.0. The van der Waals surface area contributed by atoms with E-state index in [4.69, 9.17) is 4.74 Å². The van der Waals surface area contributed by atoms with Crippen LogP contribution in [-0.2, 0) is 14.3 Å². The maximum Gasteiger partial charge on any atom is 0.246 e. The Morgan fingerprint density at radius 3 is 2.58 bits per heavy atom. The summed E-state index contributed by atoms with van der Waals surface area (Å²) < 4.78 is 5.51. The van der Waals surface area contributed by atoms with E-state index < -0.39 is 0 Å². The van der Waals surface area contributed by atoms with E-state index in [0.717, 1.165) is 39.0 Å². The molecule has 0 spiro atoms. The number of ether oxygens (including phenoxy) is 1. The molecule has 6 heteroatoms. The van der Waals surface area contributed by atoms with Crippen LogP contribution >= 0.6 is 0 Å². The lowest BCUT2D eigenvalue weighted by Crippen LogP contribution is -2.59. The molecule has 0 aromatic rings. The first-order chi connectivity index (χ1) is 9.09. The third-order valence-electron chi connectivity index (χ3n) is 3.67. The number of carbonyl (C=O) groups is 2. The zero-order valence-corrected chi connectivity index (χ0v) is 11.5. The predicted octanol–water partition coefficient (Wildman–Crippen LogP) is -0.506. The summed E-state index contributed by atoms with van der Waals surface area (Å²) in [4.78, 5) is 25.2. The fourth-order valence-corrected chi connectivity index (χ4v) is 2.30. The molecule has 2 amide bonds. The number of hydrogen-bond donors (Lipinski definition) is 2. The Morgan fingerprint density at radius 2 is 2.00 bits per heavy atom. The molecule has 19 heavy (non-hydrogen) atoms. The van der Waals surface area contributed by atoms with Crippen LogP contribution in [0.15, 0.2) is 0 Å². The van der Waals surface area contributed by atoms with Gasteiger partial charge in [-0.1, -0.05) is 0 Å². The zero-order valence-electron chi connectivity index (χ0n) is 11.5. The monoisotopic (exact) mass is 269 g/mol. The highest BCUT2D eigenvalue weighted by molar-refractivity contribution is 5.79. The van der Waals surface area contributed by atoms with Crippen molar-refractivity contribution in [3.8, 4) is 0 Å². The lowest BCUT2D eigenvalue weighted by Gasteiger charge is -2.38. The van der Waals surface area contributed by atoms with Crippen LogP contribution in [0.5, 0.6) is 0 Å². The van der Waals surface area contributed by atoms with Gasteiger partial charge in [0.05, 0.1) is 5.60 Å². The van der Waals surface area contributed by atoms with Crippen LogP contribution in [0, 0.1) is 0 Å². The fourth-order valence-electron chi connectivity index (χ4n) is 2.30. The number of rotatable bonds is 6. The molecule has 0 bridgehead atoms. The van der Waals surface area contributed by atoms with Gasteiger partial charge in [-0.05, 0) is 19.8 Å². The third-order valence-corrected chi connectivity index (χ3v) is 3.67. The second kappa shape index (κ2) is 6.34. The Morgan fingerprint density at radius 1 is 1.32 bits per heavy atom. The van der Waals surface area contributed by atoms with Crippen molar-refractivity contribution in [1.29, 1.82) is 0 Å². The summed E-state index contributed by atoms with van der Waals surface area (Å²) in [5.74, 6) is -0.0174. The van der Waals surface area contributed by atoms with Gasteiger partial charge in [-0.15, -0.1) is 0 Å². The Kier molecular flexibility index (Phi) is 4.76. The molecule has 2 rings (SSSR count). The van der Waals surface area contributed by atoms with Gasteiger partial charge in [0.15, 0.2) is 0 Å². The van der Waals surface area contributed by atoms with Crippen LogP contribution in [0.4, 0.5) is 0 Å². The number of likely N-dealkylation sites (tertiary alicyclic amines) is 1. The lowest BCUT2D eigenvalue weighted by molar-refractivity contribution is -0.136. The maximum atomic E-state index is 11.7. The Balaban J connectivity index is 1.54. The van der Waals surface area contributed by atoms with Gasteiger partial charge < -0.3 is 20.3 Å². The summed E-state index contributed by atoms with van der Waals surface area (Å²) in [6.45, 7) is 5.74. The first kappa shape index (κ1) is 14.3. The molecular weight excluding hydrogens is 246 g/mol. The SMILES string of the molecule is CC1(OCC(=O)NCCC(=O)N2CCCC2)CNC1. The minimum atomic E-state index is -0.206. The van der Waals surface area contributed by atoms with Gasteiger partial charge >= 0.3 is 0 Å². The molecule has 6 nitrogen and oxygen atoms in total. The molecule has 2 N–H and O–H groups in total. The van der Waals surface area contributed by atoms with Gasteiger partial charge in [0.2, 0.25) is 11.8 Å². The highest BCUT2D eigenvalue weighted by Gasteiger charge is 2.32. The molecule has 0 unspecified atom stereocenters. The van der Waals surface area contributed by atoms with Gasteiger partial charge in [0, 0.05) is 39.1 Å². The maximum absolute atomic E-state index is 11.7. The summed E-state index contributed by atoms with van der Waals surface area (Å²) in [6.07, 6.45) is 2.57. The molecule has 0 radical (unpaired) electrons. The predicted molar refractivity (Wildman–Crippen MR) is 70.7 cm³/mol. The number of nitrogens with one attached hydrogen (secondary N) is 2. The van der Waals surface area contributed by atoms with Gasteiger partial charge in [-0.25, -0.2) is 0 Å². The van der Waals surface area contributed by atoms with Crippen LogP contribution in [0.3, 0.4) is 0 Å². The van der Waals surface area contributed by atoms with E-state index in [-0.39, 0.29) is 24.0 Å². The topological polar surface area (TPSA) is 70.7 Å². The summed E-state index contributed by atoms with van der Waals surface area (Å²) >= 11 is 0. The molecule has 2 heterocycles. The van der Waals surface area contributed by atoms with Gasteiger partial charge in [0.1, 0.15) is 6.61 Å². The second-order valence-electron chi connectivity index (χ2n) is 5.53. The first-order valence-electron chi connectivity index (χ1n) is 6.98. The van der Waals surface area contributed by atoms with Crippen molar-refractivity contribution in [2.75, 3.05) is 39.3 Å². The molecule has 0 saturated carbocycles. The van der Waals surface area contributed by atoms with E-state index in [0.29, 0.717) is 13.0 Å². The van der Waals surface area contributed by atoms with Crippen molar-refractivity contribution < 1.29 is 14.3 Å². The summed E-state index contributed by atoms with van der Waals surface area (Å²) in [7, 11) is 0. The van der Waals surface area contributed by atoms with Crippen LogP contribution in [-0.4, -0.2) is 61.6 Å². The standard InChI is InChI=1S/C13H23N3O3/c1-13(9-14-10-13)19-8-11(17)15-5-4-12(18)16-6-2-3-7-16/h14H,2-10H2,1H3,(H,15,17). The van der Waals surface area contributed by atoms with Crippen molar-refractivity contribution in [2.24, 2.45) is 0 Å². The number of hydrogen-bond acceptors (Lipinski definition) is 4. The quantitative estimate of drug-likeness (QED) is 0.681. The molecule has 108 valence electrons. The highest BCUT2D eigenvalue weighted by Crippen LogP contribution is 2.14. The zero-order chi connectivity index (χ0) is 13.7. The van der Waals surface area contributed by atoms with E-state index in [2.05, 4.69) is 10.6 Å². The number of amides is 2. The summed E-state index contributed by atoms with van der Waals surface area (Å²) in [5.41, 5.74) is -0.206. The smallest absolute Gasteiger partial charge is 0.246 e.